The summed E-state index contributed by atoms with van der Waals surface area (Å²) in [6, 6.07) is 6.73. The number of carbonyl (C=O) groups excluding carboxylic acids is 3. The van der Waals surface area contributed by atoms with E-state index in [-0.39, 0.29) is 17.7 Å². The van der Waals surface area contributed by atoms with E-state index in [1.165, 1.54) is 0 Å². The quantitative estimate of drug-likeness (QED) is 0.559. The van der Waals surface area contributed by atoms with E-state index in [9.17, 15) is 14.4 Å². The van der Waals surface area contributed by atoms with Crippen LogP contribution >= 0.6 is 0 Å². The second kappa shape index (κ2) is 10.1. The van der Waals surface area contributed by atoms with Crippen LogP contribution in [0.1, 0.15) is 50.4 Å². The highest BCUT2D eigenvalue weighted by Crippen LogP contribution is 2.22. The number of hydrogen-bond acceptors (Lipinski definition) is 5. The highest BCUT2D eigenvalue weighted by Gasteiger charge is 2.24. The Balaban J connectivity index is 1.99. The molecule has 1 aliphatic heterocycles. The maximum Gasteiger partial charge on any atom is 0.328 e. The van der Waals surface area contributed by atoms with E-state index in [2.05, 4.69) is 10.2 Å². The van der Waals surface area contributed by atoms with Crippen molar-refractivity contribution >= 4 is 23.9 Å². The summed E-state index contributed by atoms with van der Waals surface area (Å²) in [7, 11) is 0. The molecule has 1 atom stereocenters. The van der Waals surface area contributed by atoms with Gasteiger partial charge >= 0.3 is 5.97 Å². The molecule has 0 spiro atoms. The predicted octanol–water partition coefficient (Wildman–Crippen LogP) is 2.81. The third-order valence-electron chi connectivity index (χ3n) is 4.81. The van der Waals surface area contributed by atoms with Crippen molar-refractivity contribution in [2.24, 2.45) is 11.8 Å². The van der Waals surface area contributed by atoms with Crippen LogP contribution in [0.4, 0.5) is 5.69 Å². The molecular formula is C21H30N2O4. The Morgan fingerprint density at radius 2 is 1.85 bits per heavy atom. The zero-order chi connectivity index (χ0) is 19.8. The van der Waals surface area contributed by atoms with Crippen LogP contribution in [-0.2, 0) is 14.3 Å². The first-order valence-corrected chi connectivity index (χ1v) is 9.72. The van der Waals surface area contributed by atoms with Gasteiger partial charge < -0.3 is 19.7 Å². The first-order valence-electron chi connectivity index (χ1n) is 9.72. The average molecular weight is 374 g/mol. The molecule has 148 valence electrons. The molecular weight excluding hydrogens is 344 g/mol. The van der Waals surface area contributed by atoms with Crippen molar-refractivity contribution in [3.05, 3.63) is 29.8 Å². The fourth-order valence-electron chi connectivity index (χ4n) is 3.29. The van der Waals surface area contributed by atoms with Crippen LogP contribution in [0.5, 0.6) is 0 Å². The number of carbonyl (C=O) groups is 3. The molecule has 0 saturated carbocycles. The monoisotopic (exact) mass is 374 g/mol. The summed E-state index contributed by atoms with van der Waals surface area (Å²) < 4.78 is 5.07. The summed E-state index contributed by atoms with van der Waals surface area (Å²) in [5, 5.41) is 2.80. The van der Waals surface area contributed by atoms with Gasteiger partial charge in [-0.1, -0.05) is 13.8 Å². The summed E-state index contributed by atoms with van der Waals surface area (Å²) in [6.07, 6.45) is 3.31. The molecule has 0 aliphatic carbocycles. The highest BCUT2D eigenvalue weighted by atomic mass is 16.5. The molecule has 0 radical (unpaired) electrons. The molecule has 0 aromatic heterocycles. The first kappa shape index (κ1) is 20.9. The van der Waals surface area contributed by atoms with E-state index in [0.717, 1.165) is 37.9 Å². The number of ether oxygens (including phenoxy) is 1. The van der Waals surface area contributed by atoms with Gasteiger partial charge in [0, 0.05) is 30.3 Å². The smallest absolute Gasteiger partial charge is 0.328 e. The number of nitrogens with zero attached hydrogens (tertiary/aromatic N) is 1. The fraction of sp³-hybridized carbons (Fsp3) is 0.571. The molecule has 1 saturated heterocycles. The molecule has 2 rings (SSSR count). The van der Waals surface area contributed by atoms with Crippen molar-refractivity contribution in [1.29, 1.82) is 0 Å². The van der Waals surface area contributed by atoms with Crippen LogP contribution in [0.15, 0.2) is 24.3 Å². The van der Waals surface area contributed by atoms with Gasteiger partial charge in [-0.05, 0) is 56.4 Å². The lowest BCUT2D eigenvalue weighted by molar-refractivity contribution is -0.145. The number of nitrogens with one attached hydrogen (secondary N) is 1. The highest BCUT2D eigenvalue weighted by molar-refractivity contribution is 5.97. The molecule has 6 nitrogen and oxygen atoms in total. The van der Waals surface area contributed by atoms with Crippen molar-refractivity contribution < 1.29 is 19.1 Å². The Kier molecular flexibility index (Phi) is 7.82. The molecule has 6 heteroatoms. The zero-order valence-electron chi connectivity index (χ0n) is 16.4. The minimum atomic E-state index is -0.639. The second-order valence-corrected chi connectivity index (χ2v) is 7.42. The lowest BCUT2D eigenvalue weighted by Gasteiger charge is -2.31. The topological polar surface area (TPSA) is 75.7 Å². The Morgan fingerprint density at radius 3 is 2.37 bits per heavy atom. The van der Waals surface area contributed by atoms with Crippen molar-refractivity contribution in [2.45, 2.75) is 46.1 Å². The van der Waals surface area contributed by atoms with Gasteiger partial charge in [-0.15, -0.1) is 0 Å². The van der Waals surface area contributed by atoms with E-state index < -0.39 is 12.0 Å². The van der Waals surface area contributed by atoms with Gasteiger partial charge in [0.15, 0.2) is 0 Å². The Bertz CT molecular complexity index is 634. The summed E-state index contributed by atoms with van der Waals surface area (Å²) in [4.78, 5) is 37.7. The fourth-order valence-corrected chi connectivity index (χ4v) is 3.29. The summed E-state index contributed by atoms with van der Waals surface area (Å²) in [6.45, 7) is 7.73. The largest absolute Gasteiger partial charge is 0.464 e. The minimum Gasteiger partial charge on any atom is -0.464 e. The number of rotatable bonds is 8. The van der Waals surface area contributed by atoms with E-state index in [4.69, 9.17) is 4.74 Å². The van der Waals surface area contributed by atoms with Crippen molar-refractivity contribution in [3.63, 3.8) is 0 Å². The molecule has 27 heavy (non-hydrogen) atoms. The van der Waals surface area contributed by atoms with Crippen LogP contribution in [-0.4, -0.2) is 43.9 Å². The standard InChI is InChI=1S/C21H30N2O4/c1-4-27-21(26)19(13-15(2)3)22-20(25)17-5-7-18(8-6-17)23-11-9-16(14-24)10-12-23/h5-8,14-16,19H,4,9-13H2,1-3H3,(H,22,25). The van der Waals surface area contributed by atoms with Gasteiger partial charge in [0.05, 0.1) is 6.61 Å². The normalized spacial score (nSPS) is 16.1. The molecule has 1 aliphatic rings. The maximum absolute atomic E-state index is 12.5. The van der Waals surface area contributed by atoms with Crippen molar-refractivity contribution in [1.82, 2.24) is 5.32 Å². The van der Waals surface area contributed by atoms with Crippen LogP contribution < -0.4 is 10.2 Å². The van der Waals surface area contributed by atoms with Gasteiger partial charge in [0.25, 0.3) is 5.91 Å². The molecule has 1 heterocycles. The third kappa shape index (κ3) is 6.08. The van der Waals surface area contributed by atoms with Crippen molar-refractivity contribution in [2.75, 3.05) is 24.6 Å². The van der Waals surface area contributed by atoms with E-state index in [1.54, 1.807) is 19.1 Å². The zero-order valence-corrected chi connectivity index (χ0v) is 16.4. The van der Waals surface area contributed by atoms with E-state index >= 15 is 0 Å². The first-order chi connectivity index (χ1) is 12.9. The SMILES string of the molecule is CCOC(=O)C(CC(C)C)NC(=O)c1ccc(N2CCC(C=O)CC2)cc1. The minimum absolute atomic E-state index is 0.159. The average Bonchev–Trinajstić information content (AvgIpc) is 2.67. The van der Waals surface area contributed by atoms with Gasteiger partial charge in [0.2, 0.25) is 0 Å². The Morgan fingerprint density at radius 1 is 1.22 bits per heavy atom. The number of anilines is 1. The molecule has 0 bridgehead atoms. The molecule has 1 fully saturated rings. The van der Waals surface area contributed by atoms with Crippen LogP contribution in [0.25, 0.3) is 0 Å². The van der Waals surface area contributed by atoms with Crippen LogP contribution in [0.2, 0.25) is 0 Å². The Hall–Kier alpha value is -2.37. The molecule has 1 aromatic carbocycles. The van der Waals surface area contributed by atoms with Gasteiger partial charge in [-0.3, -0.25) is 4.79 Å². The number of benzene rings is 1. The third-order valence-corrected chi connectivity index (χ3v) is 4.81. The van der Waals surface area contributed by atoms with Gasteiger partial charge in [0.1, 0.15) is 12.3 Å². The van der Waals surface area contributed by atoms with E-state index in [0.29, 0.717) is 18.6 Å². The van der Waals surface area contributed by atoms with Crippen LogP contribution in [0.3, 0.4) is 0 Å². The summed E-state index contributed by atoms with van der Waals surface area (Å²) >= 11 is 0. The van der Waals surface area contributed by atoms with Crippen molar-refractivity contribution in [3.8, 4) is 0 Å². The molecule has 1 N–H and O–H groups in total. The number of aldehydes is 1. The summed E-state index contributed by atoms with van der Waals surface area (Å²) in [5.74, 6) is -0.252. The lowest BCUT2D eigenvalue weighted by Crippen LogP contribution is -2.42. The van der Waals surface area contributed by atoms with Crippen LogP contribution in [0, 0.1) is 11.8 Å². The number of amides is 1. The molecule has 1 aromatic rings. The molecule has 1 unspecified atom stereocenters. The second-order valence-electron chi connectivity index (χ2n) is 7.42. The molecule has 1 amide bonds. The number of piperidine rings is 1. The van der Waals surface area contributed by atoms with E-state index in [1.807, 2.05) is 26.0 Å². The number of hydrogen-bond donors (Lipinski definition) is 1. The maximum atomic E-state index is 12.5. The predicted molar refractivity (Wildman–Crippen MR) is 105 cm³/mol. The lowest BCUT2D eigenvalue weighted by atomic mass is 9.98. The van der Waals surface area contributed by atoms with Gasteiger partial charge in [-0.25, -0.2) is 4.79 Å². The Labute approximate surface area is 161 Å². The van der Waals surface area contributed by atoms with Gasteiger partial charge in [-0.2, -0.15) is 0 Å². The number of esters is 1. The summed E-state index contributed by atoms with van der Waals surface area (Å²) in [5.41, 5.74) is 1.56.